The summed E-state index contributed by atoms with van der Waals surface area (Å²) in [4.78, 5) is 23.7. The highest BCUT2D eigenvalue weighted by molar-refractivity contribution is 9.10. The van der Waals surface area contributed by atoms with Crippen molar-refractivity contribution in [3.05, 3.63) is 64.0 Å². The first kappa shape index (κ1) is 16.8. The molecule has 0 aliphatic carbocycles. The number of ether oxygens (including phenoxy) is 1. The fraction of sp³-hybridized carbons (Fsp3) is 0.133. The number of benzene rings is 1. The maximum atomic E-state index is 11.9. The number of pyridine rings is 1. The summed E-state index contributed by atoms with van der Waals surface area (Å²) in [6.45, 7) is 1.56. The average Bonchev–Trinajstić information content (AvgIpc) is 2.53. The van der Waals surface area contributed by atoms with Gasteiger partial charge in [0.1, 0.15) is 5.75 Å². The number of nitrogens with zero attached hydrogens (tertiary/aromatic N) is 1. The molecule has 0 saturated carbocycles. The molecule has 0 bridgehead atoms. The molecule has 0 saturated heterocycles. The first-order valence-corrected chi connectivity index (χ1v) is 7.46. The van der Waals surface area contributed by atoms with Gasteiger partial charge in [-0.15, -0.1) is 0 Å². The van der Waals surface area contributed by atoms with Crippen LogP contribution >= 0.6 is 15.9 Å². The van der Waals surface area contributed by atoms with Crippen molar-refractivity contribution in [2.75, 3.05) is 0 Å². The van der Waals surface area contributed by atoms with Gasteiger partial charge < -0.3 is 9.94 Å². The average molecular weight is 380 g/mol. The molecular formula is C15H14BrN3O4. The molecule has 23 heavy (non-hydrogen) atoms. The van der Waals surface area contributed by atoms with Crippen molar-refractivity contribution in [3.63, 3.8) is 0 Å². The summed E-state index contributed by atoms with van der Waals surface area (Å²) in [6.07, 6.45) is 1.58. The van der Waals surface area contributed by atoms with Gasteiger partial charge in [0, 0.05) is 16.6 Å². The topological polar surface area (TPSA) is 94.4 Å². The summed E-state index contributed by atoms with van der Waals surface area (Å²) in [5, 5.41) is 10.9. The molecule has 2 amide bonds. The third-order valence-corrected chi connectivity index (χ3v) is 3.33. The van der Waals surface area contributed by atoms with E-state index in [-0.39, 0.29) is 5.56 Å². The highest BCUT2D eigenvalue weighted by Crippen LogP contribution is 2.18. The van der Waals surface area contributed by atoms with Gasteiger partial charge in [0.05, 0.1) is 5.56 Å². The standard InChI is InChI=1S/C15H14BrN3O4/c1-10(23-13-4-2-3-12(16)9-13)14(20)17-18-15(21)11-5-7-19(22)8-6-11/h2-10H,1H3,(H,17,20)(H,18,21)/t10-/m1/s1. The minimum Gasteiger partial charge on any atom is -0.619 e. The Morgan fingerprint density at radius 2 is 1.91 bits per heavy atom. The zero-order chi connectivity index (χ0) is 16.8. The molecule has 2 rings (SSSR count). The second-order valence-electron chi connectivity index (χ2n) is 4.61. The van der Waals surface area contributed by atoms with Gasteiger partial charge in [-0.05, 0) is 25.1 Å². The van der Waals surface area contributed by atoms with Gasteiger partial charge in [0.25, 0.3) is 11.8 Å². The number of rotatable bonds is 4. The molecule has 0 unspecified atom stereocenters. The number of carbonyl (C=O) groups excluding carboxylic acids is 2. The Kier molecular flexibility index (Phi) is 5.53. The molecule has 1 aromatic heterocycles. The van der Waals surface area contributed by atoms with E-state index < -0.39 is 17.9 Å². The van der Waals surface area contributed by atoms with Crippen LogP contribution in [0.15, 0.2) is 53.3 Å². The van der Waals surface area contributed by atoms with Crippen molar-refractivity contribution >= 4 is 27.7 Å². The van der Waals surface area contributed by atoms with Gasteiger partial charge in [-0.2, -0.15) is 4.73 Å². The van der Waals surface area contributed by atoms with Gasteiger partial charge in [0.2, 0.25) is 0 Å². The lowest BCUT2D eigenvalue weighted by atomic mass is 10.2. The Bertz CT molecular complexity index is 706. The number of carbonyl (C=O) groups is 2. The van der Waals surface area contributed by atoms with Crippen LogP contribution in [0.25, 0.3) is 0 Å². The Morgan fingerprint density at radius 1 is 1.22 bits per heavy atom. The van der Waals surface area contributed by atoms with Crippen LogP contribution in [-0.2, 0) is 4.79 Å². The van der Waals surface area contributed by atoms with Gasteiger partial charge >= 0.3 is 0 Å². The van der Waals surface area contributed by atoms with Crippen molar-refractivity contribution in [2.45, 2.75) is 13.0 Å². The molecule has 2 N–H and O–H groups in total. The zero-order valence-electron chi connectivity index (χ0n) is 12.2. The van der Waals surface area contributed by atoms with Crippen molar-refractivity contribution < 1.29 is 19.1 Å². The lowest BCUT2D eigenvalue weighted by molar-refractivity contribution is -0.605. The lowest BCUT2D eigenvalue weighted by Crippen LogP contribution is -2.47. The molecule has 120 valence electrons. The second-order valence-corrected chi connectivity index (χ2v) is 5.52. The van der Waals surface area contributed by atoms with E-state index in [9.17, 15) is 14.8 Å². The van der Waals surface area contributed by atoms with Crippen LogP contribution in [0.5, 0.6) is 5.75 Å². The third-order valence-electron chi connectivity index (χ3n) is 2.84. The molecule has 0 radical (unpaired) electrons. The molecule has 0 aliphatic rings. The van der Waals surface area contributed by atoms with Gasteiger partial charge in [-0.25, -0.2) is 0 Å². The summed E-state index contributed by atoms with van der Waals surface area (Å²) in [6, 6.07) is 9.75. The highest BCUT2D eigenvalue weighted by atomic mass is 79.9. The molecule has 0 spiro atoms. The van der Waals surface area contributed by atoms with Crippen LogP contribution in [0.4, 0.5) is 0 Å². The second kappa shape index (κ2) is 7.59. The summed E-state index contributed by atoms with van der Waals surface area (Å²) in [5.41, 5.74) is 4.78. The van der Waals surface area contributed by atoms with Crippen LogP contribution in [0, 0.1) is 5.21 Å². The Morgan fingerprint density at radius 3 is 2.57 bits per heavy atom. The monoisotopic (exact) mass is 379 g/mol. The van der Waals surface area contributed by atoms with Crippen LogP contribution in [0.3, 0.4) is 0 Å². The Hall–Kier alpha value is -2.61. The number of hydrogen-bond donors (Lipinski definition) is 2. The molecule has 1 heterocycles. The molecule has 8 heteroatoms. The number of nitrogens with one attached hydrogen (secondary N) is 2. The van der Waals surface area contributed by atoms with Crippen LogP contribution in [0.1, 0.15) is 17.3 Å². The smallest absolute Gasteiger partial charge is 0.279 e. The number of halogens is 1. The summed E-state index contributed by atoms with van der Waals surface area (Å²) in [7, 11) is 0. The van der Waals surface area contributed by atoms with E-state index in [1.807, 2.05) is 6.07 Å². The predicted molar refractivity (Wildman–Crippen MR) is 85.2 cm³/mol. The van der Waals surface area contributed by atoms with E-state index in [1.54, 1.807) is 25.1 Å². The van der Waals surface area contributed by atoms with E-state index in [2.05, 4.69) is 26.8 Å². The van der Waals surface area contributed by atoms with Crippen LogP contribution in [-0.4, -0.2) is 17.9 Å². The minimum absolute atomic E-state index is 0.248. The highest BCUT2D eigenvalue weighted by Gasteiger charge is 2.16. The first-order chi connectivity index (χ1) is 11.0. The SMILES string of the molecule is C[C@@H](Oc1cccc(Br)c1)C(=O)NNC(=O)c1cc[n+]([O-])cc1. The predicted octanol–water partition coefficient (Wildman–Crippen LogP) is 1.31. The van der Waals surface area contributed by atoms with Crippen molar-refractivity contribution in [1.29, 1.82) is 0 Å². The van der Waals surface area contributed by atoms with Gasteiger partial charge in [-0.1, -0.05) is 22.0 Å². The normalized spacial score (nSPS) is 11.4. The number of aromatic nitrogens is 1. The quantitative estimate of drug-likeness (QED) is 0.475. The van der Waals surface area contributed by atoms with Crippen LogP contribution in [0.2, 0.25) is 0 Å². The zero-order valence-corrected chi connectivity index (χ0v) is 13.7. The minimum atomic E-state index is -0.802. The van der Waals surface area contributed by atoms with Crippen molar-refractivity contribution in [1.82, 2.24) is 10.9 Å². The van der Waals surface area contributed by atoms with E-state index in [0.29, 0.717) is 10.5 Å². The third kappa shape index (κ3) is 4.96. The van der Waals surface area contributed by atoms with Gasteiger partial charge in [0.15, 0.2) is 18.5 Å². The van der Waals surface area contributed by atoms with E-state index in [0.717, 1.165) is 4.47 Å². The van der Waals surface area contributed by atoms with E-state index >= 15 is 0 Å². The maximum Gasteiger partial charge on any atom is 0.279 e. The maximum absolute atomic E-state index is 11.9. The van der Waals surface area contributed by atoms with Gasteiger partial charge in [-0.3, -0.25) is 20.4 Å². The number of hydrogen-bond acceptors (Lipinski definition) is 4. The van der Waals surface area contributed by atoms with E-state index in [1.165, 1.54) is 24.5 Å². The lowest BCUT2D eigenvalue weighted by Gasteiger charge is -2.15. The molecule has 1 aromatic carbocycles. The molecular weight excluding hydrogens is 366 g/mol. The molecule has 1 atom stereocenters. The summed E-state index contributed by atoms with van der Waals surface area (Å²) >= 11 is 3.31. The number of hydrazine groups is 1. The summed E-state index contributed by atoms with van der Waals surface area (Å²) in [5.74, 6) is -0.516. The van der Waals surface area contributed by atoms with Crippen molar-refractivity contribution in [3.8, 4) is 5.75 Å². The summed E-state index contributed by atoms with van der Waals surface area (Å²) < 4.78 is 6.86. The Balaban J connectivity index is 1.86. The molecule has 2 aromatic rings. The van der Waals surface area contributed by atoms with Crippen molar-refractivity contribution in [2.24, 2.45) is 0 Å². The fourth-order valence-electron chi connectivity index (χ4n) is 1.65. The number of amides is 2. The molecule has 0 aliphatic heterocycles. The Labute approximate surface area is 141 Å². The fourth-order valence-corrected chi connectivity index (χ4v) is 2.03. The van der Waals surface area contributed by atoms with E-state index in [4.69, 9.17) is 4.74 Å². The molecule has 0 fully saturated rings. The first-order valence-electron chi connectivity index (χ1n) is 6.67. The molecule has 7 nitrogen and oxygen atoms in total. The van der Waals surface area contributed by atoms with Crippen LogP contribution < -0.4 is 20.3 Å². The largest absolute Gasteiger partial charge is 0.619 e.